The average Bonchev–Trinajstić information content (AvgIpc) is 2.61. The topological polar surface area (TPSA) is 92.7 Å². The van der Waals surface area contributed by atoms with Crippen LogP contribution in [0.25, 0.3) is 0 Å². The third kappa shape index (κ3) is 9.88. The van der Waals surface area contributed by atoms with Crippen LogP contribution in [0, 0.1) is 0 Å². The zero-order valence-electron chi connectivity index (χ0n) is 14.7. The first-order valence-corrected chi connectivity index (χ1v) is 7.94. The Morgan fingerprint density at radius 2 is 1.20 bits per heavy atom. The molecule has 0 unspecified atom stereocenters. The summed E-state index contributed by atoms with van der Waals surface area (Å²) < 4.78 is 31.4. The number of ether oxygens (including phenoxy) is 6. The van der Waals surface area contributed by atoms with Gasteiger partial charge in [-0.1, -0.05) is 0 Å². The van der Waals surface area contributed by atoms with E-state index in [1.165, 1.54) is 12.1 Å². The molecule has 8 nitrogen and oxygen atoms in total. The Balaban J connectivity index is 2.45. The highest BCUT2D eigenvalue weighted by atomic mass is 16.5. The van der Waals surface area contributed by atoms with Crippen molar-refractivity contribution < 1.29 is 38.3 Å². The molecule has 0 saturated carbocycles. The van der Waals surface area contributed by atoms with Gasteiger partial charge in [-0.15, -0.1) is 0 Å². The molecular weight excluding hydrogens is 332 g/mol. The quantitative estimate of drug-likeness (QED) is 0.471. The number of hydrogen-bond donors (Lipinski definition) is 1. The second kappa shape index (κ2) is 13.4. The van der Waals surface area contributed by atoms with E-state index < -0.39 is 5.97 Å². The third-order valence-corrected chi connectivity index (χ3v) is 2.98. The lowest BCUT2D eigenvalue weighted by molar-refractivity contribution is 0.0531. The van der Waals surface area contributed by atoms with Crippen LogP contribution < -0.4 is 9.47 Å². The molecule has 1 rings (SSSR count). The SMILES string of the molecule is COCCOCCOc1cc(OCCOCCOC)cc(C(=O)O)c1. The van der Waals surface area contributed by atoms with Gasteiger partial charge in [0.1, 0.15) is 24.7 Å². The minimum absolute atomic E-state index is 0.0908. The minimum atomic E-state index is -1.05. The molecular formula is C17H26O8. The Morgan fingerprint density at radius 3 is 1.60 bits per heavy atom. The predicted molar refractivity (Wildman–Crippen MR) is 89.8 cm³/mol. The maximum atomic E-state index is 11.2. The molecule has 0 aliphatic rings. The second-order valence-electron chi connectivity index (χ2n) is 4.91. The van der Waals surface area contributed by atoms with Crippen LogP contribution in [-0.2, 0) is 18.9 Å². The molecule has 0 aliphatic carbocycles. The summed E-state index contributed by atoms with van der Waals surface area (Å²) in [5, 5.41) is 9.18. The first-order valence-electron chi connectivity index (χ1n) is 7.94. The molecule has 0 aliphatic heterocycles. The van der Waals surface area contributed by atoms with E-state index in [0.29, 0.717) is 64.4 Å². The van der Waals surface area contributed by atoms with E-state index in [1.54, 1.807) is 20.3 Å². The number of rotatable bonds is 15. The molecule has 1 aromatic carbocycles. The van der Waals surface area contributed by atoms with Crippen molar-refractivity contribution in [2.75, 3.05) is 67.1 Å². The van der Waals surface area contributed by atoms with Crippen LogP contribution in [0.4, 0.5) is 0 Å². The summed E-state index contributed by atoms with van der Waals surface area (Å²) >= 11 is 0. The number of hydrogen-bond acceptors (Lipinski definition) is 7. The summed E-state index contributed by atoms with van der Waals surface area (Å²) in [6.07, 6.45) is 0. The Labute approximate surface area is 147 Å². The molecule has 0 radical (unpaired) electrons. The molecule has 0 heterocycles. The summed E-state index contributed by atoms with van der Waals surface area (Å²) in [4.78, 5) is 11.2. The van der Waals surface area contributed by atoms with Gasteiger partial charge in [0, 0.05) is 20.3 Å². The number of carboxylic acids is 1. The Kier molecular flexibility index (Phi) is 11.4. The standard InChI is InChI=1S/C17H26O8/c1-20-3-5-22-7-9-24-15-11-14(17(18)19)12-16(13-15)25-10-8-23-6-4-21-2/h11-13H,3-10H2,1-2H3,(H,18,19). The maximum Gasteiger partial charge on any atom is 0.335 e. The number of carboxylic acid groups (broad SMARTS) is 1. The first kappa shape index (κ1) is 21.2. The van der Waals surface area contributed by atoms with Gasteiger partial charge in [-0.25, -0.2) is 4.79 Å². The maximum absolute atomic E-state index is 11.2. The van der Waals surface area contributed by atoms with E-state index in [-0.39, 0.29) is 5.56 Å². The highest BCUT2D eigenvalue weighted by molar-refractivity contribution is 5.88. The fourth-order valence-electron chi connectivity index (χ4n) is 1.79. The molecule has 0 spiro atoms. The molecule has 1 N–H and O–H groups in total. The van der Waals surface area contributed by atoms with E-state index >= 15 is 0 Å². The number of aromatic carboxylic acids is 1. The van der Waals surface area contributed by atoms with Gasteiger partial charge in [0.25, 0.3) is 0 Å². The van der Waals surface area contributed by atoms with Crippen LogP contribution in [0.15, 0.2) is 18.2 Å². The highest BCUT2D eigenvalue weighted by Gasteiger charge is 2.09. The lowest BCUT2D eigenvalue weighted by atomic mass is 10.2. The molecule has 0 atom stereocenters. The molecule has 0 fully saturated rings. The number of benzene rings is 1. The minimum Gasteiger partial charge on any atom is -0.491 e. The van der Waals surface area contributed by atoms with Crippen molar-refractivity contribution in [3.63, 3.8) is 0 Å². The number of methoxy groups -OCH3 is 2. The van der Waals surface area contributed by atoms with Crippen LogP contribution >= 0.6 is 0 Å². The van der Waals surface area contributed by atoms with Crippen molar-refractivity contribution >= 4 is 5.97 Å². The van der Waals surface area contributed by atoms with Crippen molar-refractivity contribution in [1.82, 2.24) is 0 Å². The monoisotopic (exact) mass is 358 g/mol. The van der Waals surface area contributed by atoms with Gasteiger partial charge in [0.15, 0.2) is 0 Å². The Morgan fingerprint density at radius 1 is 0.760 bits per heavy atom. The van der Waals surface area contributed by atoms with E-state index in [4.69, 9.17) is 28.4 Å². The van der Waals surface area contributed by atoms with Gasteiger partial charge in [-0.2, -0.15) is 0 Å². The second-order valence-corrected chi connectivity index (χ2v) is 4.91. The van der Waals surface area contributed by atoms with Gasteiger partial charge >= 0.3 is 5.97 Å². The van der Waals surface area contributed by atoms with E-state index in [9.17, 15) is 9.90 Å². The summed E-state index contributed by atoms with van der Waals surface area (Å²) in [5.74, 6) is -0.237. The van der Waals surface area contributed by atoms with Crippen LogP contribution in [0.1, 0.15) is 10.4 Å². The molecule has 1 aromatic rings. The van der Waals surface area contributed by atoms with Crippen LogP contribution in [0.5, 0.6) is 11.5 Å². The molecule has 0 bridgehead atoms. The lowest BCUT2D eigenvalue weighted by Crippen LogP contribution is -2.11. The van der Waals surface area contributed by atoms with Crippen LogP contribution in [0.3, 0.4) is 0 Å². The fourth-order valence-corrected chi connectivity index (χ4v) is 1.79. The molecule has 142 valence electrons. The van der Waals surface area contributed by atoms with E-state index in [2.05, 4.69) is 0 Å². The molecule has 25 heavy (non-hydrogen) atoms. The fraction of sp³-hybridized carbons (Fsp3) is 0.588. The highest BCUT2D eigenvalue weighted by Crippen LogP contribution is 2.23. The van der Waals surface area contributed by atoms with Gasteiger partial charge in [0.2, 0.25) is 0 Å². The normalized spacial score (nSPS) is 10.6. The van der Waals surface area contributed by atoms with Crippen molar-refractivity contribution in [2.45, 2.75) is 0 Å². The molecule has 0 aromatic heterocycles. The van der Waals surface area contributed by atoms with Gasteiger partial charge in [0.05, 0.1) is 45.2 Å². The van der Waals surface area contributed by atoms with Gasteiger partial charge < -0.3 is 33.5 Å². The van der Waals surface area contributed by atoms with Crippen molar-refractivity contribution in [1.29, 1.82) is 0 Å². The predicted octanol–water partition coefficient (Wildman–Crippen LogP) is 1.47. The summed E-state index contributed by atoms with van der Waals surface area (Å²) in [6, 6.07) is 4.52. The first-order chi connectivity index (χ1) is 12.2. The Bertz CT molecular complexity index is 457. The zero-order valence-corrected chi connectivity index (χ0v) is 14.7. The van der Waals surface area contributed by atoms with Gasteiger partial charge in [-0.3, -0.25) is 0 Å². The summed E-state index contributed by atoms with van der Waals surface area (Å²) in [6.45, 7) is 3.34. The largest absolute Gasteiger partial charge is 0.491 e. The lowest BCUT2D eigenvalue weighted by Gasteiger charge is -2.11. The van der Waals surface area contributed by atoms with E-state index in [1.807, 2.05) is 0 Å². The smallest absolute Gasteiger partial charge is 0.335 e. The van der Waals surface area contributed by atoms with Crippen LogP contribution in [0.2, 0.25) is 0 Å². The molecule has 8 heteroatoms. The zero-order chi connectivity index (χ0) is 18.3. The van der Waals surface area contributed by atoms with Crippen molar-refractivity contribution in [3.05, 3.63) is 23.8 Å². The average molecular weight is 358 g/mol. The molecule has 0 amide bonds. The summed E-state index contributed by atoms with van der Waals surface area (Å²) in [5.41, 5.74) is 0.0908. The van der Waals surface area contributed by atoms with Crippen molar-refractivity contribution in [2.24, 2.45) is 0 Å². The Hall–Kier alpha value is -1.87. The number of carbonyl (C=O) groups is 1. The van der Waals surface area contributed by atoms with E-state index in [0.717, 1.165) is 0 Å². The van der Waals surface area contributed by atoms with Crippen molar-refractivity contribution in [3.8, 4) is 11.5 Å². The summed E-state index contributed by atoms with van der Waals surface area (Å²) in [7, 11) is 3.20. The van der Waals surface area contributed by atoms with Gasteiger partial charge in [-0.05, 0) is 12.1 Å². The third-order valence-electron chi connectivity index (χ3n) is 2.98. The molecule has 0 saturated heterocycles. The van der Waals surface area contributed by atoms with Crippen LogP contribution in [-0.4, -0.2) is 78.2 Å².